The monoisotopic (exact) mass is 204 g/mol. The molecule has 5 heteroatoms. The number of carbonyl (C=O) groups excluding carboxylic acids is 1. The number of aliphatic hydroxyl groups is 1. The molecule has 0 spiro atoms. The van der Waals surface area contributed by atoms with Crippen LogP contribution in [0.15, 0.2) is 0 Å². The van der Waals surface area contributed by atoms with E-state index in [-0.39, 0.29) is 25.1 Å². The van der Waals surface area contributed by atoms with Gasteiger partial charge in [0.2, 0.25) is 0 Å². The summed E-state index contributed by atoms with van der Waals surface area (Å²) in [5, 5.41) is 8.83. The van der Waals surface area contributed by atoms with Crippen molar-refractivity contribution < 1.29 is 24.1 Å². The van der Waals surface area contributed by atoms with Gasteiger partial charge >= 0.3 is 5.97 Å². The van der Waals surface area contributed by atoms with Crippen LogP contribution in [0.3, 0.4) is 0 Å². The van der Waals surface area contributed by atoms with Crippen LogP contribution in [0.1, 0.15) is 19.8 Å². The van der Waals surface area contributed by atoms with Gasteiger partial charge in [0.15, 0.2) is 5.79 Å². The lowest BCUT2D eigenvalue weighted by Gasteiger charge is -2.22. The number of ether oxygens (including phenoxy) is 3. The molecule has 0 aromatic heterocycles. The Kier molecular flexibility index (Phi) is 3.86. The van der Waals surface area contributed by atoms with E-state index in [0.717, 1.165) is 0 Å². The van der Waals surface area contributed by atoms with E-state index < -0.39 is 5.79 Å². The number of aliphatic hydroxyl groups excluding tert-OH is 1. The summed E-state index contributed by atoms with van der Waals surface area (Å²) < 4.78 is 15.3. The van der Waals surface area contributed by atoms with Gasteiger partial charge in [-0.2, -0.15) is 0 Å². The summed E-state index contributed by atoms with van der Waals surface area (Å²) in [6, 6.07) is 0. The van der Waals surface area contributed by atoms with Crippen LogP contribution in [0.4, 0.5) is 0 Å². The molecule has 1 aliphatic rings. The highest BCUT2D eigenvalue weighted by Crippen LogP contribution is 2.27. The van der Waals surface area contributed by atoms with E-state index in [1.54, 1.807) is 6.92 Å². The third-order valence-electron chi connectivity index (χ3n) is 2.21. The van der Waals surface area contributed by atoms with Crippen molar-refractivity contribution in [3.05, 3.63) is 0 Å². The average Bonchev–Trinajstić information content (AvgIpc) is 2.57. The first-order valence-electron chi connectivity index (χ1n) is 4.59. The van der Waals surface area contributed by atoms with E-state index in [1.165, 1.54) is 7.11 Å². The topological polar surface area (TPSA) is 65.0 Å². The third-order valence-corrected chi connectivity index (χ3v) is 2.21. The van der Waals surface area contributed by atoms with Crippen LogP contribution in [-0.4, -0.2) is 43.3 Å². The Balaban J connectivity index is 2.33. The Morgan fingerprint density at radius 3 is 2.93 bits per heavy atom. The number of rotatable bonds is 4. The molecular weight excluding hydrogens is 188 g/mol. The highest BCUT2D eigenvalue weighted by molar-refractivity contribution is 5.69. The molecule has 5 nitrogen and oxygen atoms in total. The maximum Gasteiger partial charge on any atom is 0.305 e. The minimum Gasteiger partial charge on any atom is -0.469 e. The minimum atomic E-state index is -0.762. The van der Waals surface area contributed by atoms with Crippen molar-refractivity contribution in [2.75, 3.05) is 20.3 Å². The molecule has 1 fully saturated rings. The van der Waals surface area contributed by atoms with Crippen LogP contribution in [0.5, 0.6) is 0 Å². The number of methoxy groups -OCH3 is 1. The van der Waals surface area contributed by atoms with Gasteiger partial charge < -0.3 is 19.3 Å². The molecule has 1 heterocycles. The second-order valence-electron chi connectivity index (χ2n) is 3.44. The molecule has 1 rings (SSSR count). The Hall–Kier alpha value is -0.650. The maximum atomic E-state index is 10.9. The normalized spacial score (nSPS) is 31.8. The van der Waals surface area contributed by atoms with Gasteiger partial charge in [-0.3, -0.25) is 4.79 Å². The smallest absolute Gasteiger partial charge is 0.305 e. The number of carbonyl (C=O) groups is 1. The molecule has 82 valence electrons. The van der Waals surface area contributed by atoms with Gasteiger partial charge in [0, 0.05) is 6.42 Å². The lowest BCUT2D eigenvalue weighted by molar-refractivity contribution is -0.169. The lowest BCUT2D eigenvalue weighted by atomic mass is 10.2. The quantitative estimate of drug-likeness (QED) is 0.656. The zero-order valence-electron chi connectivity index (χ0n) is 8.49. The van der Waals surface area contributed by atoms with Crippen LogP contribution in [0, 0.1) is 0 Å². The highest BCUT2D eigenvalue weighted by atomic mass is 16.7. The number of esters is 1. The molecule has 0 aromatic rings. The summed E-state index contributed by atoms with van der Waals surface area (Å²) in [7, 11) is 1.34. The minimum absolute atomic E-state index is 0.0617. The Morgan fingerprint density at radius 2 is 2.43 bits per heavy atom. The van der Waals surface area contributed by atoms with Crippen LogP contribution >= 0.6 is 0 Å². The standard InChI is InChI=1S/C9H16O5/c1-9(4-3-8(11)12-2)13-6-7(5-10)14-9/h7,10H,3-6H2,1-2H3. The Labute approximate surface area is 82.9 Å². The fourth-order valence-corrected chi connectivity index (χ4v) is 1.34. The zero-order valence-corrected chi connectivity index (χ0v) is 8.49. The summed E-state index contributed by atoms with van der Waals surface area (Å²) in [6.45, 7) is 2.06. The molecule has 1 saturated heterocycles. The fraction of sp³-hybridized carbons (Fsp3) is 0.889. The molecule has 1 N–H and O–H groups in total. The van der Waals surface area contributed by atoms with Crippen molar-refractivity contribution in [3.63, 3.8) is 0 Å². The van der Waals surface area contributed by atoms with E-state index >= 15 is 0 Å². The van der Waals surface area contributed by atoms with Crippen molar-refractivity contribution in [2.24, 2.45) is 0 Å². The Bertz CT molecular complexity index is 205. The summed E-state index contributed by atoms with van der Waals surface area (Å²) in [6.07, 6.45) is 0.416. The maximum absolute atomic E-state index is 10.9. The van der Waals surface area contributed by atoms with Crippen molar-refractivity contribution in [1.82, 2.24) is 0 Å². The molecule has 2 atom stereocenters. The van der Waals surface area contributed by atoms with Gasteiger partial charge in [-0.25, -0.2) is 0 Å². The van der Waals surface area contributed by atoms with Gasteiger partial charge in [-0.15, -0.1) is 0 Å². The van der Waals surface area contributed by atoms with Crippen molar-refractivity contribution in [3.8, 4) is 0 Å². The summed E-state index contributed by atoms with van der Waals surface area (Å²) in [4.78, 5) is 10.9. The van der Waals surface area contributed by atoms with Gasteiger partial charge in [0.05, 0.1) is 26.7 Å². The first-order valence-corrected chi connectivity index (χ1v) is 4.59. The molecule has 0 bridgehead atoms. The van der Waals surface area contributed by atoms with Gasteiger partial charge in [-0.1, -0.05) is 0 Å². The van der Waals surface area contributed by atoms with E-state index in [2.05, 4.69) is 4.74 Å². The van der Waals surface area contributed by atoms with Crippen LogP contribution in [0.2, 0.25) is 0 Å². The molecule has 0 aliphatic carbocycles. The summed E-state index contributed by atoms with van der Waals surface area (Å²) in [5.74, 6) is -1.05. The van der Waals surface area contributed by atoms with E-state index in [4.69, 9.17) is 14.6 Å². The average molecular weight is 204 g/mol. The number of hydrogen-bond acceptors (Lipinski definition) is 5. The van der Waals surface area contributed by atoms with Crippen molar-refractivity contribution >= 4 is 5.97 Å². The van der Waals surface area contributed by atoms with E-state index in [1.807, 2.05) is 0 Å². The summed E-state index contributed by atoms with van der Waals surface area (Å²) in [5.41, 5.74) is 0. The van der Waals surface area contributed by atoms with Crippen LogP contribution < -0.4 is 0 Å². The molecule has 0 aromatic carbocycles. The van der Waals surface area contributed by atoms with E-state index in [9.17, 15) is 4.79 Å². The van der Waals surface area contributed by atoms with Gasteiger partial charge in [0.25, 0.3) is 0 Å². The SMILES string of the molecule is COC(=O)CCC1(C)OCC(CO)O1. The second-order valence-corrected chi connectivity index (χ2v) is 3.44. The number of hydrogen-bond donors (Lipinski definition) is 1. The van der Waals surface area contributed by atoms with Gasteiger partial charge in [0.1, 0.15) is 6.10 Å². The largest absolute Gasteiger partial charge is 0.469 e. The highest BCUT2D eigenvalue weighted by Gasteiger charge is 2.36. The van der Waals surface area contributed by atoms with Crippen LogP contribution in [-0.2, 0) is 19.0 Å². The van der Waals surface area contributed by atoms with Crippen molar-refractivity contribution in [1.29, 1.82) is 0 Å². The first-order chi connectivity index (χ1) is 6.59. The van der Waals surface area contributed by atoms with Crippen molar-refractivity contribution in [2.45, 2.75) is 31.7 Å². The molecular formula is C9H16O5. The van der Waals surface area contributed by atoms with Crippen LogP contribution in [0.25, 0.3) is 0 Å². The van der Waals surface area contributed by atoms with E-state index in [0.29, 0.717) is 13.0 Å². The fourth-order valence-electron chi connectivity index (χ4n) is 1.34. The second kappa shape index (κ2) is 4.72. The molecule has 2 unspecified atom stereocenters. The molecule has 0 radical (unpaired) electrons. The molecule has 0 amide bonds. The Morgan fingerprint density at radius 1 is 1.71 bits per heavy atom. The lowest BCUT2D eigenvalue weighted by Crippen LogP contribution is -2.28. The molecule has 1 aliphatic heterocycles. The third kappa shape index (κ3) is 2.94. The zero-order chi connectivity index (χ0) is 10.6. The molecule has 0 saturated carbocycles. The molecule has 14 heavy (non-hydrogen) atoms. The first kappa shape index (κ1) is 11.4. The van der Waals surface area contributed by atoms with Gasteiger partial charge in [-0.05, 0) is 6.92 Å². The summed E-state index contributed by atoms with van der Waals surface area (Å²) >= 11 is 0. The predicted molar refractivity (Wildman–Crippen MR) is 47.6 cm³/mol. The predicted octanol–water partition coefficient (Wildman–Crippen LogP) is 0.0635.